The average molecular weight is 383 g/mol. The van der Waals surface area contributed by atoms with E-state index in [2.05, 4.69) is 16.2 Å². The predicted octanol–water partition coefficient (Wildman–Crippen LogP) is 3.29. The second-order valence-electron chi connectivity index (χ2n) is 6.47. The Labute approximate surface area is 164 Å². The van der Waals surface area contributed by atoms with E-state index in [1.54, 1.807) is 48.5 Å². The second kappa shape index (κ2) is 10.1. The van der Waals surface area contributed by atoms with Crippen LogP contribution in [0.2, 0.25) is 0 Å². The maximum atomic E-state index is 12.2. The lowest BCUT2D eigenvalue weighted by atomic mass is 10.2. The molecule has 2 aromatic rings. The van der Waals surface area contributed by atoms with Crippen LogP contribution in [0.4, 0.5) is 5.69 Å². The molecule has 0 aliphatic carbocycles. The highest BCUT2D eigenvalue weighted by Crippen LogP contribution is 2.14. The van der Waals surface area contributed by atoms with E-state index >= 15 is 0 Å². The molecular weight excluding hydrogens is 358 g/mol. The van der Waals surface area contributed by atoms with Gasteiger partial charge in [-0.3, -0.25) is 25.2 Å². The van der Waals surface area contributed by atoms with Gasteiger partial charge in [-0.1, -0.05) is 6.92 Å². The molecule has 0 bridgehead atoms. The molecule has 0 saturated carbocycles. The zero-order valence-corrected chi connectivity index (χ0v) is 16.2. The highest BCUT2D eigenvalue weighted by atomic mass is 16.5. The van der Waals surface area contributed by atoms with Crippen molar-refractivity contribution in [3.63, 3.8) is 0 Å². The minimum atomic E-state index is -0.459. The molecular formula is C21H25N3O4. The Bertz CT molecular complexity index is 815. The van der Waals surface area contributed by atoms with Crippen LogP contribution in [0.25, 0.3) is 0 Å². The molecule has 0 spiro atoms. The number of carbonyl (C=O) groups excluding carboxylic acids is 3. The first-order chi connectivity index (χ1) is 13.4. The third-order valence-corrected chi connectivity index (χ3v) is 3.69. The number of amides is 3. The van der Waals surface area contributed by atoms with Crippen LogP contribution in [0.5, 0.6) is 5.75 Å². The highest BCUT2D eigenvalue weighted by molar-refractivity contribution is 5.99. The lowest BCUT2D eigenvalue weighted by Gasteiger charge is -2.11. The largest absolute Gasteiger partial charge is 0.491 e. The Morgan fingerprint density at radius 2 is 1.36 bits per heavy atom. The maximum Gasteiger partial charge on any atom is 0.269 e. The van der Waals surface area contributed by atoms with Crippen molar-refractivity contribution in [2.45, 2.75) is 39.7 Å². The van der Waals surface area contributed by atoms with Gasteiger partial charge in [-0.05, 0) is 68.8 Å². The third-order valence-electron chi connectivity index (χ3n) is 3.69. The first-order valence-corrected chi connectivity index (χ1v) is 9.16. The number of carbonyl (C=O) groups is 3. The van der Waals surface area contributed by atoms with Gasteiger partial charge in [0.2, 0.25) is 5.91 Å². The Kier molecular flexibility index (Phi) is 7.56. The average Bonchev–Trinajstić information content (AvgIpc) is 2.66. The third kappa shape index (κ3) is 6.42. The normalized spacial score (nSPS) is 10.3. The standard InChI is InChI=1S/C21H25N3O4/c1-4-5-19(25)22-17-10-6-15(7-11-17)20(26)23-24-21(27)16-8-12-18(13-9-16)28-14(2)3/h6-14H,4-5H2,1-3H3,(H,22,25)(H,23,26)(H,24,27). The summed E-state index contributed by atoms with van der Waals surface area (Å²) in [5.74, 6) is -0.300. The summed E-state index contributed by atoms with van der Waals surface area (Å²) in [4.78, 5) is 35.9. The molecule has 0 saturated heterocycles. The van der Waals surface area contributed by atoms with Crippen molar-refractivity contribution < 1.29 is 19.1 Å². The van der Waals surface area contributed by atoms with Crippen LogP contribution in [0.15, 0.2) is 48.5 Å². The van der Waals surface area contributed by atoms with Crippen molar-refractivity contribution in [1.82, 2.24) is 10.9 Å². The van der Waals surface area contributed by atoms with E-state index in [1.807, 2.05) is 20.8 Å². The fourth-order valence-corrected chi connectivity index (χ4v) is 2.37. The number of nitrogens with one attached hydrogen (secondary N) is 3. The van der Waals surface area contributed by atoms with Crippen molar-refractivity contribution in [2.24, 2.45) is 0 Å². The van der Waals surface area contributed by atoms with Gasteiger partial charge in [0.05, 0.1) is 6.10 Å². The van der Waals surface area contributed by atoms with Crippen LogP contribution in [0.3, 0.4) is 0 Å². The van der Waals surface area contributed by atoms with E-state index < -0.39 is 11.8 Å². The van der Waals surface area contributed by atoms with Crippen LogP contribution in [-0.2, 0) is 4.79 Å². The molecule has 3 amide bonds. The lowest BCUT2D eigenvalue weighted by Crippen LogP contribution is -2.41. The van der Waals surface area contributed by atoms with Gasteiger partial charge in [-0.2, -0.15) is 0 Å². The molecule has 0 radical (unpaired) electrons. The maximum absolute atomic E-state index is 12.2. The Balaban J connectivity index is 1.87. The number of hydrazine groups is 1. The van der Waals surface area contributed by atoms with Crippen molar-refractivity contribution in [1.29, 1.82) is 0 Å². The summed E-state index contributed by atoms with van der Waals surface area (Å²) in [6, 6.07) is 13.0. The summed E-state index contributed by atoms with van der Waals surface area (Å²) in [5, 5.41) is 2.75. The number of benzene rings is 2. The first-order valence-electron chi connectivity index (χ1n) is 9.16. The fraction of sp³-hybridized carbons (Fsp3) is 0.286. The van der Waals surface area contributed by atoms with Crippen LogP contribution < -0.4 is 20.9 Å². The topological polar surface area (TPSA) is 96.5 Å². The molecule has 148 valence electrons. The molecule has 28 heavy (non-hydrogen) atoms. The van der Waals surface area contributed by atoms with Gasteiger partial charge in [0.1, 0.15) is 5.75 Å². The van der Waals surface area contributed by atoms with Crippen LogP contribution in [0, 0.1) is 0 Å². The van der Waals surface area contributed by atoms with E-state index in [-0.39, 0.29) is 12.0 Å². The van der Waals surface area contributed by atoms with Gasteiger partial charge in [0, 0.05) is 23.2 Å². The number of rotatable bonds is 7. The highest BCUT2D eigenvalue weighted by Gasteiger charge is 2.10. The summed E-state index contributed by atoms with van der Waals surface area (Å²) in [6.07, 6.45) is 1.25. The number of hydrogen-bond donors (Lipinski definition) is 3. The molecule has 0 unspecified atom stereocenters. The van der Waals surface area contributed by atoms with E-state index in [4.69, 9.17) is 4.74 Å². The van der Waals surface area contributed by atoms with E-state index in [9.17, 15) is 14.4 Å². The second-order valence-corrected chi connectivity index (χ2v) is 6.47. The molecule has 0 aliphatic heterocycles. The lowest BCUT2D eigenvalue weighted by molar-refractivity contribution is -0.116. The summed E-state index contributed by atoms with van der Waals surface area (Å²) in [5.41, 5.74) is 6.10. The number of ether oxygens (including phenoxy) is 1. The summed E-state index contributed by atoms with van der Waals surface area (Å²) in [7, 11) is 0. The molecule has 0 aliphatic rings. The van der Waals surface area contributed by atoms with Crippen LogP contribution in [0.1, 0.15) is 54.3 Å². The molecule has 2 aromatic carbocycles. The molecule has 0 fully saturated rings. The minimum absolute atomic E-state index is 0.0466. The Morgan fingerprint density at radius 3 is 1.82 bits per heavy atom. The zero-order valence-electron chi connectivity index (χ0n) is 16.2. The SMILES string of the molecule is CCCC(=O)Nc1ccc(C(=O)NNC(=O)c2ccc(OC(C)C)cc2)cc1. The molecule has 0 atom stereocenters. The molecule has 2 rings (SSSR count). The van der Waals surface area contributed by atoms with Gasteiger partial charge in [-0.25, -0.2) is 0 Å². The van der Waals surface area contributed by atoms with Gasteiger partial charge in [0.25, 0.3) is 11.8 Å². The van der Waals surface area contributed by atoms with E-state index in [1.165, 1.54) is 0 Å². The molecule has 7 nitrogen and oxygen atoms in total. The predicted molar refractivity (Wildman–Crippen MR) is 107 cm³/mol. The zero-order chi connectivity index (χ0) is 20.5. The van der Waals surface area contributed by atoms with E-state index in [0.717, 1.165) is 6.42 Å². The number of anilines is 1. The van der Waals surface area contributed by atoms with Crippen molar-refractivity contribution in [3.8, 4) is 5.75 Å². The molecule has 3 N–H and O–H groups in total. The number of hydrogen-bond acceptors (Lipinski definition) is 4. The van der Waals surface area contributed by atoms with E-state index in [0.29, 0.717) is 29.0 Å². The molecule has 0 heterocycles. The quantitative estimate of drug-likeness (QED) is 0.639. The van der Waals surface area contributed by atoms with Crippen LogP contribution in [-0.4, -0.2) is 23.8 Å². The summed E-state index contributed by atoms with van der Waals surface area (Å²) >= 11 is 0. The van der Waals surface area contributed by atoms with Crippen molar-refractivity contribution in [3.05, 3.63) is 59.7 Å². The Morgan fingerprint density at radius 1 is 0.857 bits per heavy atom. The summed E-state index contributed by atoms with van der Waals surface area (Å²) in [6.45, 7) is 5.76. The summed E-state index contributed by atoms with van der Waals surface area (Å²) < 4.78 is 5.52. The minimum Gasteiger partial charge on any atom is -0.491 e. The monoisotopic (exact) mass is 383 g/mol. The van der Waals surface area contributed by atoms with Gasteiger partial charge in [-0.15, -0.1) is 0 Å². The Hall–Kier alpha value is -3.35. The van der Waals surface area contributed by atoms with Gasteiger partial charge in [0.15, 0.2) is 0 Å². The van der Waals surface area contributed by atoms with Crippen molar-refractivity contribution >= 4 is 23.4 Å². The van der Waals surface area contributed by atoms with Gasteiger partial charge < -0.3 is 10.1 Å². The van der Waals surface area contributed by atoms with Gasteiger partial charge >= 0.3 is 0 Å². The van der Waals surface area contributed by atoms with Crippen molar-refractivity contribution in [2.75, 3.05) is 5.32 Å². The van der Waals surface area contributed by atoms with Crippen LogP contribution >= 0.6 is 0 Å². The smallest absolute Gasteiger partial charge is 0.269 e. The fourth-order valence-electron chi connectivity index (χ4n) is 2.37. The molecule has 0 aromatic heterocycles. The molecule has 7 heteroatoms. The first kappa shape index (κ1) is 21.0.